The molecule has 0 radical (unpaired) electrons. The van der Waals surface area contributed by atoms with Gasteiger partial charge in [-0.15, -0.1) is 0 Å². The molecule has 74 valence electrons. The van der Waals surface area contributed by atoms with Crippen molar-refractivity contribution in [3.63, 3.8) is 0 Å². The lowest BCUT2D eigenvalue weighted by Gasteiger charge is -2.05. The summed E-state index contributed by atoms with van der Waals surface area (Å²) in [4.78, 5) is 0. The standard InChI is InChI=1S/C11H12BrNO/c1-14-8-7-13-6-5-9-3-2-4-10(12)11(9)13/h2-6H,7-8H2,1H3. The number of benzene rings is 1. The van der Waals surface area contributed by atoms with E-state index in [1.165, 1.54) is 10.9 Å². The van der Waals surface area contributed by atoms with Crippen molar-refractivity contribution < 1.29 is 4.74 Å². The van der Waals surface area contributed by atoms with Gasteiger partial charge in [-0.2, -0.15) is 0 Å². The number of hydrogen-bond acceptors (Lipinski definition) is 1. The molecule has 0 saturated carbocycles. The summed E-state index contributed by atoms with van der Waals surface area (Å²) < 4.78 is 8.40. The van der Waals surface area contributed by atoms with Crippen LogP contribution >= 0.6 is 15.9 Å². The summed E-state index contributed by atoms with van der Waals surface area (Å²) in [6.07, 6.45) is 2.09. The summed E-state index contributed by atoms with van der Waals surface area (Å²) in [5.74, 6) is 0. The van der Waals surface area contributed by atoms with Crippen LogP contribution in [0.2, 0.25) is 0 Å². The molecular formula is C11H12BrNO. The third kappa shape index (κ3) is 1.70. The van der Waals surface area contributed by atoms with Gasteiger partial charge in [-0.1, -0.05) is 12.1 Å². The van der Waals surface area contributed by atoms with Crippen LogP contribution in [0, 0.1) is 0 Å². The molecule has 0 spiro atoms. The van der Waals surface area contributed by atoms with Gasteiger partial charge in [0.05, 0.1) is 12.1 Å². The van der Waals surface area contributed by atoms with Crippen molar-refractivity contribution in [2.45, 2.75) is 6.54 Å². The number of hydrogen-bond donors (Lipinski definition) is 0. The van der Waals surface area contributed by atoms with Crippen molar-refractivity contribution in [1.82, 2.24) is 4.57 Å². The summed E-state index contributed by atoms with van der Waals surface area (Å²) in [5.41, 5.74) is 1.24. The molecule has 2 aromatic rings. The maximum absolute atomic E-state index is 5.07. The van der Waals surface area contributed by atoms with Crippen LogP contribution in [0.15, 0.2) is 34.9 Å². The molecule has 0 fully saturated rings. The van der Waals surface area contributed by atoms with Crippen molar-refractivity contribution in [3.8, 4) is 0 Å². The summed E-state index contributed by atoms with van der Waals surface area (Å²) >= 11 is 3.56. The number of para-hydroxylation sites is 1. The Morgan fingerprint density at radius 2 is 2.21 bits per heavy atom. The molecule has 0 amide bonds. The van der Waals surface area contributed by atoms with Crippen LogP contribution in [0.25, 0.3) is 10.9 Å². The number of aromatic nitrogens is 1. The first kappa shape index (κ1) is 9.74. The van der Waals surface area contributed by atoms with E-state index in [1.807, 2.05) is 6.07 Å². The first-order valence-corrected chi connectivity index (χ1v) is 5.34. The monoisotopic (exact) mass is 253 g/mol. The van der Waals surface area contributed by atoms with Gasteiger partial charge in [-0.05, 0) is 28.1 Å². The van der Waals surface area contributed by atoms with E-state index in [4.69, 9.17) is 4.74 Å². The van der Waals surface area contributed by atoms with E-state index in [-0.39, 0.29) is 0 Å². The van der Waals surface area contributed by atoms with Crippen LogP contribution in [0.5, 0.6) is 0 Å². The van der Waals surface area contributed by atoms with E-state index < -0.39 is 0 Å². The molecule has 0 atom stereocenters. The number of fused-ring (bicyclic) bond motifs is 1. The van der Waals surface area contributed by atoms with Gasteiger partial charge in [0, 0.05) is 29.7 Å². The Bertz CT molecular complexity index is 436. The average molecular weight is 254 g/mol. The van der Waals surface area contributed by atoms with E-state index in [1.54, 1.807) is 7.11 Å². The maximum atomic E-state index is 5.07. The minimum atomic E-state index is 0.741. The first-order chi connectivity index (χ1) is 6.83. The van der Waals surface area contributed by atoms with Gasteiger partial charge in [-0.25, -0.2) is 0 Å². The highest BCUT2D eigenvalue weighted by molar-refractivity contribution is 9.10. The highest BCUT2D eigenvalue weighted by atomic mass is 79.9. The van der Waals surface area contributed by atoms with Gasteiger partial charge in [0.2, 0.25) is 0 Å². The normalized spacial score (nSPS) is 11.0. The zero-order chi connectivity index (χ0) is 9.97. The van der Waals surface area contributed by atoms with Crippen molar-refractivity contribution in [3.05, 3.63) is 34.9 Å². The Labute approximate surface area is 91.6 Å². The van der Waals surface area contributed by atoms with E-state index in [9.17, 15) is 0 Å². The molecule has 0 unspecified atom stereocenters. The van der Waals surface area contributed by atoms with Gasteiger partial charge in [-0.3, -0.25) is 0 Å². The SMILES string of the molecule is COCCn1ccc2cccc(Br)c21. The largest absolute Gasteiger partial charge is 0.383 e. The summed E-state index contributed by atoms with van der Waals surface area (Å²) in [7, 11) is 1.72. The molecule has 2 nitrogen and oxygen atoms in total. The van der Waals surface area contributed by atoms with Crippen LogP contribution < -0.4 is 0 Å². The van der Waals surface area contributed by atoms with Gasteiger partial charge in [0.1, 0.15) is 0 Å². The molecule has 3 heteroatoms. The van der Waals surface area contributed by atoms with Crippen LogP contribution in [0.1, 0.15) is 0 Å². The Hall–Kier alpha value is -0.800. The van der Waals surface area contributed by atoms with E-state index >= 15 is 0 Å². The minimum absolute atomic E-state index is 0.741. The Morgan fingerprint density at radius 3 is 3.00 bits per heavy atom. The van der Waals surface area contributed by atoms with Crippen molar-refractivity contribution in [1.29, 1.82) is 0 Å². The van der Waals surface area contributed by atoms with Gasteiger partial charge < -0.3 is 9.30 Å². The highest BCUT2D eigenvalue weighted by Crippen LogP contribution is 2.24. The topological polar surface area (TPSA) is 14.2 Å². The zero-order valence-corrected chi connectivity index (χ0v) is 9.62. The summed E-state index contributed by atoms with van der Waals surface area (Å²) in [6.45, 7) is 1.63. The average Bonchev–Trinajstić information content (AvgIpc) is 2.59. The molecule has 0 aliphatic heterocycles. The number of nitrogens with zero attached hydrogens (tertiary/aromatic N) is 1. The van der Waals surface area contributed by atoms with Crippen LogP contribution in [0.4, 0.5) is 0 Å². The molecule has 1 aromatic carbocycles. The van der Waals surface area contributed by atoms with Crippen molar-refractivity contribution in [2.75, 3.05) is 13.7 Å². The van der Waals surface area contributed by atoms with Gasteiger partial charge >= 0.3 is 0 Å². The van der Waals surface area contributed by atoms with Crippen LogP contribution in [-0.2, 0) is 11.3 Å². The molecule has 0 N–H and O–H groups in total. The summed E-state index contributed by atoms with van der Waals surface area (Å²) in [6, 6.07) is 8.35. The van der Waals surface area contributed by atoms with Crippen LogP contribution in [0.3, 0.4) is 0 Å². The predicted molar refractivity (Wildman–Crippen MR) is 61.5 cm³/mol. The minimum Gasteiger partial charge on any atom is -0.383 e. The third-order valence-electron chi connectivity index (χ3n) is 2.28. The lowest BCUT2D eigenvalue weighted by Crippen LogP contribution is -2.02. The Kier molecular flexibility index (Phi) is 2.89. The maximum Gasteiger partial charge on any atom is 0.0641 e. The molecular weight excluding hydrogens is 242 g/mol. The second-order valence-corrected chi connectivity index (χ2v) is 4.03. The molecule has 0 aliphatic rings. The smallest absolute Gasteiger partial charge is 0.0641 e. The predicted octanol–water partition coefficient (Wildman–Crippen LogP) is 3.05. The van der Waals surface area contributed by atoms with Crippen molar-refractivity contribution >= 4 is 26.8 Å². The van der Waals surface area contributed by atoms with E-state index in [0.717, 1.165) is 17.6 Å². The highest BCUT2D eigenvalue weighted by Gasteiger charge is 2.03. The molecule has 1 aromatic heterocycles. The molecule has 14 heavy (non-hydrogen) atoms. The fourth-order valence-corrected chi connectivity index (χ4v) is 2.20. The Morgan fingerprint density at radius 1 is 1.36 bits per heavy atom. The third-order valence-corrected chi connectivity index (χ3v) is 2.92. The number of halogens is 1. The fraction of sp³-hybridized carbons (Fsp3) is 0.273. The molecule has 0 aliphatic carbocycles. The van der Waals surface area contributed by atoms with Gasteiger partial charge in [0.15, 0.2) is 0 Å². The zero-order valence-electron chi connectivity index (χ0n) is 8.03. The second-order valence-electron chi connectivity index (χ2n) is 3.18. The molecule has 0 bridgehead atoms. The fourth-order valence-electron chi connectivity index (χ4n) is 1.59. The Balaban J connectivity index is 2.45. The van der Waals surface area contributed by atoms with E-state index in [0.29, 0.717) is 0 Å². The van der Waals surface area contributed by atoms with E-state index in [2.05, 4.69) is 44.9 Å². The molecule has 1 heterocycles. The number of methoxy groups -OCH3 is 1. The lowest BCUT2D eigenvalue weighted by atomic mass is 10.2. The summed E-state index contributed by atoms with van der Waals surface area (Å²) in [5, 5.41) is 1.26. The first-order valence-electron chi connectivity index (χ1n) is 4.55. The van der Waals surface area contributed by atoms with Crippen LogP contribution in [-0.4, -0.2) is 18.3 Å². The molecule has 2 rings (SSSR count). The number of rotatable bonds is 3. The second kappa shape index (κ2) is 4.15. The van der Waals surface area contributed by atoms with Gasteiger partial charge in [0.25, 0.3) is 0 Å². The molecule has 0 saturated heterocycles. The number of ether oxygens (including phenoxy) is 1. The van der Waals surface area contributed by atoms with Crippen molar-refractivity contribution in [2.24, 2.45) is 0 Å². The quantitative estimate of drug-likeness (QED) is 0.821. The lowest BCUT2D eigenvalue weighted by molar-refractivity contribution is 0.188.